The predicted octanol–water partition coefficient (Wildman–Crippen LogP) is 5.03. The monoisotopic (exact) mass is 766 g/mol. The van der Waals surface area contributed by atoms with Crippen LogP contribution in [0, 0.1) is 30.6 Å². The number of fused-ring (bicyclic) bond motifs is 14. The van der Waals surface area contributed by atoms with Crippen molar-refractivity contribution in [2.24, 2.45) is 23.7 Å². The number of benzene rings is 2. The summed E-state index contributed by atoms with van der Waals surface area (Å²) in [4.78, 5) is 40.1. The first-order valence-corrected chi connectivity index (χ1v) is 18.2. The average Bonchev–Trinajstić information content (AvgIpc) is 3.41. The van der Waals surface area contributed by atoms with Crippen molar-refractivity contribution in [1.82, 2.24) is 5.32 Å². The zero-order chi connectivity index (χ0) is 41.1. The lowest BCUT2D eigenvalue weighted by molar-refractivity contribution is -0.160. The molecule has 0 fully saturated rings. The molecule has 5 rings (SSSR count). The number of ether oxygens (including phenoxy) is 4. The maximum Gasteiger partial charge on any atom is 0.312 e. The Bertz CT molecular complexity index is 1920. The van der Waals surface area contributed by atoms with Crippen molar-refractivity contribution >= 4 is 34.1 Å². The minimum atomic E-state index is -2.02. The van der Waals surface area contributed by atoms with Gasteiger partial charge in [0, 0.05) is 79.8 Å². The number of allylic oxidation sites excluding steroid dienone is 2. The summed E-state index contributed by atoms with van der Waals surface area (Å²) in [6.45, 7) is 16.4. The molecule has 55 heavy (non-hydrogen) atoms. The van der Waals surface area contributed by atoms with Crippen LogP contribution in [0.3, 0.4) is 0 Å². The van der Waals surface area contributed by atoms with E-state index in [4.69, 9.17) is 18.9 Å². The number of methoxy groups -OCH3 is 1. The van der Waals surface area contributed by atoms with E-state index in [1.165, 1.54) is 53.2 Å². The number of ketones is 1. The normalized spacial score (nSPS) is 31.2. The Labute approximate surface area is 321 Å². The highest BCUT2D eigenvalue weighted by Crippen LogP contribution is 2.55. The summed E-state index contributed by atoms with van der Waals surface area (Å²) < 4.78 is 23.5. The summed E-state index contributed by atoms with van der Waals surface area (Å²) in [5.41, 5.74) is -0.0963. The van der Waals surface area contributed by atoms with E-state index in [1.54, 1.807) is 45.9 Å². The predicted molar refractivity (Wildman–Crippen MR) is 206 cm³/mol. The SMILES string of the molecule is C=CCNCc1c2c(O)c3c(O)c(C)c4c(c3c1O)C(=O)[C@@](C)(O/C=C/[C@H](OC)[C@@H](C)[C@@H](OC(C)=O)[C@H](C)[C@H](O)[C@H](C)[C@@H](O)[C@@H](C)/C=C/C=C(/C)C(=O)N2)O4. The van der Waals surface area contributed by atoms with Crippen molar-refractivity contribution in [3.8, 4) is 23.0 Å². The van der Waals surface area contributed by atoms with Crippen molar-refractivity contribution in [3.63, 3.8) is 0 Å². The average molecular weight is 767 g/mol. The maximum atomic E-state index is 14.3. The van der Waals surface area contributed by atoms with Crippen molar-refractivity contribution in [2.75, 3.05) is 19.0 Å². The van der Waals surface area contributed by atoms with Gasteiger partial charge in [-0.15, -0.1) is 6.58 Å². The van der Waals surface area contributed by atoms with Crippen LogP contribution < -0.4 is 15.4 Å². The van der Waals surface area contributed by atoms with E-state index < -0.39 is 88.8 Å². The smallest absolute Gasteiger partial charge is 0.312 e. The maximum absolute atomic E-state index is 14.3. The lowest BCUT2D eigenvalue weighted by Gasteiger charge is -2.38. The number of anilines is 1. The van der Waals surface area contributed by atoms with Gasteiger partial charge in [0.1, 0.15) is 23.4 Å². The van der Waals surface area contributed by atoms with E-state index in [-0.39, 0.29) is 57.6 Å². The Hall–Kier alpha value is -4.89. The van der Waals surface area contributed by atoms with Crippen molar-refractivity contribution in [2.45, 2.75) is 92.1 Å². The third-order valence-electron chi connectivity index (χ3n) is 10.7. The highest BCUT2D eigenvalue weighted by Gasteiger charge is 2.50. The molecular formula is C41H54N2O12. The molecular weight excluding hydrogens is 712 g/mol. The second-order valence-electron chi connectivity index (χ2n) is 14.6. The minimum absolute atomic E-state index is 0.0171. The topological polar surface area (TPSA) is 213 Å². The molecule has 300 valence electrons. The number of amides is 1. The zero-order valence-corrected chi connectivity index (χ0v) is 32.8. The molecule has 3 aliphatic rings. The van der Waals surface area contributed by atoms with Crippen molar-refractivity contribution < 1.29 is 58.9 Å². The van der Waals surface area contributed by atoms with Gasteiger partial charge in [-0.3, -0.25) is 14.4 Å². The van der Waals surface area contributed by atoms with Crippen LogP contribution in [-0.4, -0.2) is 87.0 Å². The lowest BCUT2D eigenvalue weighted by Crippen LogP contribution is -2.46. The van der Waals surface area contributed by atoms with Crippen LogP contribution in [0.5, 0.6) is 23.0 Å². The molecule has 2 aromatic carbocycles. The van der Waals surface area contributed by atoms with Gasteiger partial charge >= 0.3 is 11.8 Å². The van der Waals surface area contributed by atoms with Crippen LogP contribution in [0.4, 0.5) is 5.69 Å². The fourth-order valence-electron chi connectivity index (χ4n) is 7.26. The fraction of sp³-hybridized carbons (Fsp3) is 0.488. The molecule has 14 heteroatoms. The largest absolute Gasteiger partial charge is 0.507 e. The van der Waals surface area contributed by atoms with Gasteiger partial charge in [0.2, 0.25) is 0 Å². The highest BCUT2D eigenvalue weighted by molar-refractivity contribution is 6.22. The van der Waals surface area contributed by atoms with Gasteiger partial charge in [0.25, 0.3) is 11.7 Å². The molecule has 3 aliphatic heterocycles. The van der Waals surface area contributed by atoms with E-state index in [0.29, 0.717) is 0 Å². The van der Waals surface area contributed by atoms with Gasteiger partial charge < -0.3 is 55.1 Å². The number of Topliss-reactive ketones (excluding diaryl/α,β-unsaturated/α-hetero) is 1. The van der Waals surface area contributed by atoms with E-state index in [9.17, 15) is 39.9 Å². The molecule has 7 N–H and O–H groups in total. The summed E-state index contributed by atoms with van der Waals surface area (Å²) in [7, 11) is 1.43. The summed E-state index contributed by atoms with van der Waals surface area (Å²) in [6.07, 6.45) is 5.16. The minimum Gasteiger partial charge on any atom is -0.507 e. The fourth-order valence-corrected chi connectivity index (χ4v) is 7.26. The van der Waals surface area contributed by atoms with Gasteiger partial charge in [-0.2, -0.15) is 0 Å². The first kappa shape index (κ1) is 42.8. The van der Waals surface area contributed by atoms with E-state index in [0.717, 1.165) is 0 Å². The van der Waals surface area contributed by atoms with Crippen molar-refractivity contribution in [1.29, 1.82) is 0 Å². The second-order valence-corrected chi connectivity index (χ2v) is 14.6. The number of aromatic hydroxyl groups is 3. The Morgan fingerprint density at radius 3 is 2.29 bits per heavy atom. The van der Waals surface area contributed by atoms with Crippen molar-refractivity contribution in [3.05, 3.63) is 65.5 Å². The number of aliphatic hydroxyl groups is 2. The lowest BCUT2D eigenvalue weighted by atomic mass is 9.78. The molecule has 0 aromatic heterocycles. The Morgan fingerprint density at radius 1 is 1.00 bits per heavy atom. The van der Waals surface area contributed by atoms with Gasteiger partial charge in [0.05, 0.1) is 41.2 Å². The standard InChI is InChI=1S/C41H54N2O12/c1-11-16-42-18-26-31-36(49)29-28(35(26)48)30-38(24(7)34(29)47)55-41(9,39(30)50)53-17-15-27(52-10)21(4)37(54-25(8)44)23(6)33(46)22(5)32(45)19(2)13-12-14-20(3)40(51)43-31/h11-15,17,19,21-23,27,32-33,37,42,45-49H,1,16,18H2,2-10H3,(H,43,51)/b13-12+,17-15+,20-14-/t19-,21+,22+,23+,27-,32-,33+,37+,41-/m0/s1. The summed E-state index contributed by atoms with van der Waals surface area (Å²) >= 11 is 0. The molecule has 5 bridgehead atoms. The van der Waals surface area contributed by atoms with Crippen LogP contribution in [-0.2, 0) is 30.3 Å². The highest BCUT2D eigenvalue weighted by atomic mass is 16.7. The molecule has 2 aromatic rings. The number of rotatable bonds is 6. The molecule has 0 saturated heterocycles. The van der Waals surface area contributed by atoms with Crippen LogP contribution in [0.15, 0.2) is 48.8 Å². The van der Waals surface area contributed by atoms with E-state index >= 15 is 0 Å². The van der Waals surface area contributed by atoms with Gasteiger partial charge in [-0.05, 0) is 19.9 Å². The van der Waals surface area contributed by atoms with Gasteiger partial charge in [-0.25, -0.2) is 0 Å². The number of hydrogen-bond acceptors (Lipinski definition) is 13. The van der Waals surface area contributed by atoms with Crippen LogP contribution in [0.2, 0.25) is 0 Å². The molecule has 0 aliphatic carbocycles. The van der Waals surface area contributed by atoms with E-state index in [2.05, 4.69) is 17.2 Å². The number of carbonyl (C=O) groups is 3. The molecule has 0 radical (unpaired) electrons. The number of phenols is 3. The van der Waals surface area contributed by atoms with Crippen LogP contribution in [0.1, 0.15) is 70.0 Å². The summed E-state index contributed by atoms with van der Waals surface area (Å²) in [5.74, 6) is -8.14. The number of esters is 1. The Morgan fingerprint density at radius 2 is 1.67 bits per heavy atom. The molecule has 0 unspecified atom stereocenters. The van der Waals surface area contributed by atoms with Crippen LogP contribution in [0.25, 0.3) is 10.8 Å². The number of phenolic OH excluding ortho intramolecular Hbond substituents is 3. The number of hydrogen-bond donors (Lipinski definition) is 7. The molecule has 1 amide bonds. The first-order valence-electron chi connectivity index (χ1n) is 18.2. The summed E-state index contributed by atoms with van der Waals surface area (Å²) in [5, 5.41) is 63.0. The third kappa shape index (κ3) is 8.37. The quantitative estimate of drug-likeness (QED) is 0.0677. The molecule has 9 atom stereocenters. The molecule has 0 saturated carbocycles. The Balaban J connectivity index is 1.95. The van der Waals surface area contributed by atoms with Gasteiger partial charge in [-0.1, -0.05) is 52.0 Å². The van der Waals surface area contributed by atoms with Gasteiger partial charge in [0.15, 0.2) is 5.75 Å². The number of nitrogens with one attached hydrogen (secondary N) is 2. The number of aliphatic hydroxyl groups excluding tert-OH is 2. The third-order valence-corrected chi connectivity index (χ3v) is 10.7. The van der Waals surface area contributed by atoms with Crippen LogP contribution >= 0.6 is 0 Å². The molecule has 14 nitrogen and oxygen atoms in total. The molecule has 3 heterocycles. The Kier molecular flexibility index (Phi) is 13.5. The summed E-state index contributed by atoms with van der Waals surface area (Å²) in [6, 6.07) is 0. The molecule has 0 spiro atoms. The zero-order valence-electron chi connectivity index (χ0n) is 32.8. The number of carbonyl (C=O) groups excluding carboxylic acids is 3. The van der Waals surface area contributed by atoms with E-state index in [1.807, 2.05) is 0 Å². The second kappa shape index (κ2) is 17.3. The first-order chi connectivity index (χ1) is 25.8.